The third kappa shape index (κ3) is 4.36. The number of hydrogen-bond donors (Lipinski definition) is 1. The zero-order chi connectivity index (χ0) is 19.2. The van der Waals surface area contributed by atoms with Crippen LogP contribution in [0.25, 0.3) is 0 Å². The van der Waals surface area contributed by atoms with Gasteiger partial charge in [0.25, 0.3) is 5.88 Å². The average Bonchev–Trinajstić information content (AvgIpc) is 3.16. The van der Waals surface area contributed by atoms with Crippen LogP contribution in [0.5, 0.6) is 17.4 Å². The van der Waals surface area contributed by atoms with Crippen LogP contribution >= 0.6 is 0 Å². The predicted octanol–water partition coefficient (Wildman–Crippen LogP) is 2.05. The maximum atomic E-state index is 12.5. The highest BCUT2D eigenvalue weighted by Crippen LogP contribution is 2.26. The van der Waals surface area contributed by atoms with Crippen LogP contribution in [0, 0.1) is 11.3 Å². The Labute approximate surface area is 156 Å². The van der Waals surface area contributed by atoms with Gasteiger partial charge < -0.3 is 24.4 Å². The molecule has 0 radical (unpaired) electrons. The van der Waals surface area contributed by atoms with Gasteiger partial charge in [0.05, 0.1) is 20.8 Å². The SMILES string of the molecule is COc1cc(NC(=O)N2CCC(Oc3nccnc3C#N)C2)cc(OC)c1. The van der Waals surface area contributed by atoms with Gasteiger partial charge in [-0.25, -0.2) is 14.8 Å². The largest absolute Gasteiger partial charge is 0.497 e. The fourth-order valence-corrected chi connectivity index (χ4v) is 2.74. The number of anilines is 1. The van der Waals surface area contributed by atoms with E-state index < -0.39 is 0 Å². The minimum atomic E-state index is -0.254. The number of urea groups is 1. The Morgan fingerprint density at radius 1 is 1.22 bits per heavy atom. The van der Waals surface area contributed by atoms with Crippen LogP contribution in [0.15, 0.2) is 30.6 Å². The Morgan fingerprint density at radius 3 is 2.59 bits per heavy atom. The number of likely N-dealkylation sites (tertiary alicyclic amines) is 1. The van der Waals surface area contributed by atoms with E-state index in [0.717, 1.165) is 0 Å². The molecule has 27 heavy (non-hydrogen) atoms. The van der Waals surface area contributed by atoms with E-state index >= 15 is 0 Å². The van der Waals surface area contributed by atoms with Gasteiger partial charge in [-0.1, -0.05) is 0 Å². The lowest BCUT2D eigenvalue weighted by Gasteiger charge is -2.18. The molecule has 9 nitrogen and oxygen atoms in total. The number of methoxy groups -OCH3 is 2. The average molecular weight is 369 g/mol. The van der Waals surface area contributed by atoms with Gasteiger partial charge in [-0.2, -0.15) is 5.26 Å². The number of rotatable bonds is 5. The van der Waals surface area contributed by atoms with Gasteiger partial charge in [-0.15, -0.1) is 0 Å². The van der Waals surface area contributed by atoms with Crippen molar-refractivity contribution in [1.29, 1.82) is 5.26 Å². The molecule has 0 aliphatic carbocycles. The van der Waals surface area contributed by atoms with Gasteiger partial charge in [0, 0.05) is 49.2 Å². The lowest BCUT2D eigenvalue weighted by atomic mass is 10.3. The number of hydrogen-bond acceptors (Lipinski definition) is 7. The van der Waals surface area contributed by atoms with Crippen LogP contribution in [0.4, 0.5) is 10.5 Å². The van der Waals surface area contributed by atoms with Crippen molar-refractivity contribution in [2.45, 2.75) is 12.5 Å². The van der Waals surface area contributed by atoms with E-state index in [9.17, 15) is 4.79 Å². The summed E-state index contributed by atoms with van der Waals surface area (Å²) in [5.74, 6) is 1.35. The van der Waals surface area contributed by atoms with Crippen molar-refractivity contribution in [3.05, 3.63) is 36.3 Å². The second-order valence-electron chi connectivity index (χ2n) is 5.83. The minimum Gasteiger partial charge on any atom is -0.497 e. The predicted molar refractivity (Wildman–Crippen MR) is 95.9 cm³/mol. The lowest BCUT2D eigenvalue weighted by Crippen LogP contribution is -2.34. The molecule has 2 aromatic rings. The molecule has 1 unspecified atom stereocenters. The molecule has 140 valence electrons. The quantitative estimate of drug-likeness (QED) is 0.859. The molecule has 2 heterocycles. The molecule has 1 fully saturated rings. The number of amides is 2. The Hall–Kier alpha value is -3.54. The van der Waals surface area contributed by atoms with Crippen LogP contribution in [0.3, 0.4) is 0 Å². The Balaban J connectivity index is 1.62. The molecule has 1 aromatic carbocycles. The summed E-state index contributed by atoms with van der Waals surface area (Å²) in [4.78, 5) is 22.1. The van der Waals surface area contributed by atoms with E-state index in [1.54, 1.807) is 37.3 Å². The van der Waals surface area contributed by atoms with Gasteiger partial charge >= 0.3 is 6.03 Å². The third-order valence-corrected chi connectivity index (χ3v) is 4.08. The third-order valence-electron chi connectivity index (χ3n) is 4.08. The fourth-order valence-electron chi connectivity index (χ4n) is 2.74. The van der Waals surface area contributed by atoms with E-state index in [0.29, 0.717) is 36.7 Å². The summed E-state index contributed by atoms with van der Waals surface area (Å²) in [5, 5.41) is 11.9. The molecule has 2 amide bonds. The molecular weight excluding hydrogens is 350 g/mol. The maximum absolute atomic E-state index is 12.5. The monoisotopic (exact) mass is 369 g/mol. The minimum absolute atomic E-state index is 0.129. The first-order valence-corrected chi connectivity index (χ1v) is 8.29. The highest BCUT2D eigenvalue weighted by molar-refractivity contribution is 5.90. The second kappa shape index (κ2) is 8.23. The number of aromatic nitrogens is 2. The summed E-state index contributed by atoms with van der Waals surface area (Å²) in [5.41, 5.74) is 0.699. The number of carbonyl (C=O) groups excluding carboxylic acids is 1. The normalized spacial score (nSPS) is 15.7. The number of benzene rings is 1. The van der Waals surface area contributed by atoms with E-state index in [1.165, 1.54) is 12.4 Å². The first-order chi connectivity index (χ1) is 13.1. The van der Waals surface area contributed by atoms with Crippen LogP contribution in [-0.4, -0.2) is 54.3 Å². The van der Waals surface area contributed by atoms with Crippen molar-refractivity contribution in [3.8, 4) is 23.4 Å². The summed E-state index contributed by atoms with van der Waals surface area (Å²) >= 11 is 0. The molecule has 1 atom stereocenters. The summed E-state index contributed by atoms with van der Waals surface area (Å²) in [7, 11) is 3.09. The van der Waals surface area contributed by atoms with Gasteiger partial charge in [0.2, 0.25) is 5.69 Å². The van der Waals surface area contributed by atoms with E-state index in [4.69, 9.17) is 19.5 Å². The van der Waals surface area contributed by atoms with Crippen molar-refractivity contribution in [2.75, 3.05) is 32.6 Å². The zero-order valence-electron chi connectivity index (χ0n) is 15.0. The molecule has 1 aliphatic rings. The van der Waals surface area contributed by atoms with Gasteiger partial charge in [0.1, 0.15) is 23.7 Å². The molecule has 3 rings (SSSR count). The molecule has 1 aliphatic heterocycles. The van der Waals surface area contributed by atoms with Crippen LogP contribution in [0.2, 0.25) is 0 Å². The molecule has 1 aromatic heterocycles. The summed E-state index contributed by atoms with van der Waals surface area (Å²) in [6, 6.07) is 6.84. The zero-order valence-corrected chi connectivity index (χ0v) is 15.0. The van der Waals surface area contributed by atoms with Crippen molar-refractivity contribution < 1.29 is 19.0 Å². The van der Waals surface area contributed by atoms with E-state index in [1.807, 2.05) is 6.07 Å². The second-order valence-corrected chi connectivity index (χ2v) is 5.83. The van der Waals surface area contributed by atoms with Crippen molar-refractivity contribution in [2.24, 2.45) is 0 Å². The Bertz CT molecular complexity index is 845. The molecule has 0 saturated carbocycles. The fraction of sp³-hybridized carbons (Fsp3) is 0.333. The highest BCUT2D eigenvalue weighted by Gasteiger charge is 2.29. The topological polar surface area (TPSA) is 110 Å². The maximum Gasteiger partial charge on any atom is 0.321 e. The van der Waals surface area contributed by atoms with E-state index in [2.05, 4.69) is 15.3 Å². The number of nitrogens with zero attached hydrogens (tertiary/aromatic N) is 4. The number of nitrogens with one attached hydrogen (secondary N) is 1. The standard InChI is InChI=1S/C18H19N5O4/c1-25-14-7-12(8-15(9-14)26-2)22-18(24)23-6-3-13(11-23)27-17-16(10-19)20-4-5-21-17/h4-5,7-9,13H,3,6,11H2,1-2H3,(H,22,24). The number of nitriles is 1. The Kier molecular flexibility index (Phi) is 5.56. The Morgan fingerprint density at radius 2 is 1.93 bits per heavy atom. The molecule has 1 saturated heterocycles. The van der Waals surface area contributed by atoms with Crippen molar-refractivity contribution in [3.63, 3.8) is 0 Å². The van der Waals surface area contributed by atoms with Gasteiger partial charge in [-0.05, 0) is 0 Å². The summed E-state index contributed by atoms with van der Waals surface area (Å²) in [6.45, 7) is 0.911. The first-order valence-electron chi connectivity index (χ1n) is 8.29. The molecule has 0 bridgehead atoms. The van der Waals surface area contributed by atoms with Crippen LogP contribution in [0.1, 0.15) is 12.1 Å². The molecule has 1 N–H and O–H groups in total. The highest BCUT2D eigenvalue weighted by atomic mass is 16.5. The first kappa shape index (κ1) is 18.3. The van der Waals surface area contributed by atoms with Crippen molar-refractivity contribution >= 4 is 11.7 Å². The molecular formula is C18H19N5O4. The summed E-state index contributed by atoms with van der Waals surface area (Å²) in [6.07, 6.45) is 3.28. The molecule has 9 heteroatoms. The van der Waals surface area contributed by atoms with Gasteiger partial charge in [0.15, 0.2) is 0 Å². The van der Waals surface area contributed by atoms with Gasteiger partial charge in [-0.3, -0.25) is 0 Å². The smallest absolute Gasteiger partial charge is 0.321 e. The van der Waals surface area contributed by atoms with Crippen LogP contribution in [-0.2, 0) is 0 Å². The lowest BCUT2D eigenvalue weighted by molar-refractivity contribution is 0.189. The molecule has 0 spiro atoms. The van der Waals surface area contributed by atoms with Crippen molar-refractivity contribution in [1.82, 2.24) is 14.9 Å². The summed E-state index contributed by atoms with van der Waals surface area (Å²) < 4.78 is 16.2. The van der Waals surface area contributed by atoms with E-state index in [-0.39, 0.29) is 23.7 Å². The number of carbonyl (C=O) groups is 1. The number of ether oxygens (including phenoxy) is 3. The van der Waals surface area contributed by atoms with Crippen LogP contribution < -0.4 is 19.5 Å².